The first-order valence-electron chi connectivity index (χ1n) is 7.49. The summed E-state index contributed by atoms with van der Waals surface area (Å²) < 4.78 is 2.18. The van der Waals surface area contributed by atoms with Crippen molar-refractivity contribution in [2.24, 2.45) is 0 Å². The van der Waals surface area contributed by atoms with Gasteiger partial charge in [-0.15, -0.1) is 0 Å². The Hall–Kier alpha value is -1.65. The predicted octanol–water partition coefficient (Wildman–Crippen LogP) is 3.86. The molecule has 21 heavy (non-hydrogen) atoms. The van der Waals surface area contributed by atoms with E-state index in [9.17, 15) is 0 Å². The Morgan fingerprint density at radius 3 is 3.00 bits per heavy atom. The van der Waals surface area contributed by atoms with E-state index in [1.807, 2.05) is 6.20 Å². The molecule has 0 amide bonds. The smallest absolute Gasteiger partial charge is 0.0689 e. The van der Waals surface area contributed by atoms with Gasteiger partial charge in [-0.1, -0.05) is 12.1 Å². The maximum atomic E-state index is 4.61. The summed E-state index contributed by atoms with van der Waals surface area (Å²) in [4.78, 5) is 2.45. The summed E-state index contributed by atoms with van der Waals surface area (Å²) in [6.45, 7) is 2.21. The van der Waals surface area contributed by atoms with Gasteiger partial charge in [0, 0.05) is 11.4 Å². The van der Waals surface area contributed by atoms with E-state index in [1.54, 1.807) is 11.3 Å². The van der Waals surface area contributed by atoms with Crippen LogP contribution in [0.2, 0.25) is 0 Å². The molecule has 1 atom stereocenters. The van der Waals surface area contributed by atoms with Gasteiger partial charge in [0.15, 0.2) is 0 Å². The van der Waals surface area contributed by atoms with Crippen LogP contribution in [-0.4, -0.2) is 34.3 Å². The normalized spacial score (nSPS) is 19.6. The Labute approximate surface area is 128 Å². The second kappa shape index (κ2) is 5.28. The van der Waals surface area contributed by atoms with Crippen molar-refractivity contribution in [3.63, 3.8) is 0 Å². The third kappa shape index (κ3) is 2.39. The summed E-state index contributed by atoms with van der Waals surface area (Å²) in [5.74, 6) is 0. The molecular formula is C17H19N3S. The summed E-state index contributed by atoms with van der Waals surface area (Å²) in [6, 6.07) is 9.46. The highest BCUT2D eigenvalue weighted by Gasteiger charge is 2.22. The molecule has 3 aromatic rings. The van der Waals surface area contributed by atoms with E-state index in [4.69, 9.17) is 0 Å². The van der Waals surface area contributed by atoms with Gasteiger partial charge in [-0.2, -0.15) is 16.4 Å². The van der Waals surface area contributed by atoms with E-state index in [2.05, 4.69) is 56.8 Å². The zero-order valence-corrected chi connectivity index (χ0v) is 13.0. The zero-order valence-electron chi connectivity index (χ0n) is 12.2. The minimum Gasteiger partial charge on any atom is -0.302 e. The highest BCUT2D eigenvalue weighted by Crippen LogP contribution is 2.27. The van der Waals surface area contributed by atoms with E-state index < -0.39 is 0 Å². The number of fused-ring (bicyclic) bond motifs is 1. The Morgan fingerprint density at radius 2 is 2.24 bits per heavy atom. The van der Waals surface area contributed by atoms with Crippen LogP contribution in [0.4, 0.5) is 0 Å². The molecule has 0 saturated carbocycles. The quantitative estimate of drug-likeness (QED) is 0.732. The van der Waals surface area contributed by atoms with Gasteiger partial charge in [-0.3, -0.25) is 4.68 Å². The highest BCUT2D eigenvalue weighted by atomic mass is 32.1. The molecule has 4 heteroatoms. The molecule has 3 heterocycles. The molecule has 108 valence electrons. The molecule has 1 fully saturated rings. The summed E-state index contributed by atoms with van der Waals surface area (Å²) in [5.41, 5.74) is 3.83. The van der Waals surface area contributed by atoms with Crippen molar-refractivity contribution >= 4 is 22.2 Å². The number of rotatable bonds is 3. The molecule has 1 aliphatic rings. The molecule has 0 unspecified atom stereocenters. The van der Waals surface area contributed by atoms with Crippen molar-refractivity contribution in [1.29, 1.82) is 0 Å². The van der Waals surface area contributed by atoms with Crippen LogP contribution in [0, 0.1) is 0 Å². The average molecular weight is 297 g/mol. The molecule has 0 N–H and O–H groups in total. The van der Waals surface area contributed by atoms with Gasteiger partial charge < -0.3 is 4.90 Å². The molecule has 0 bridgehead atoms. The van der Waals surface area contributed by atoms with Crippen molar-refractivity contribution in [2.45, 2.75) is 25.4 Å². The standard InChI is InChI=1S/C17H19N3S/c1-19-7-2-3-16(19)11-20-17-9-13(15-6-8-21-12-15)4-5-14(17)10-18-20/h4-6,8-10,12,16H,2-3,7,11H2,1H3/t16-/m1/s1. The van der Waals surface area contributed by atoms with Crippen LogP contribution < -0.4 is 0 Å². The molecule has 0 aliphatic carbocycles. The van der Waals surface area contributed by atoms with Gasteiger partial charge in [0.2, 0.25) is 0 Å². The molecule has 2 aromatic heterocycles. The number of hydrogen-bond acceptors (Lipinski definition) is 3. The zero-order chi connectivity index (χ0) is 14.2. The third-order valence-electron chi connectivity index (χ3n) is 4.55. The van der Waals surface area contributed by atoms with Crippen LogP contribution in [-0.2, 0) is 6.54 Å². The first kappa shape index (κ1) is 13.0. The fourth-order valence-corrected chi connectivity index (χ4v) is 3.90. The van der Waals surface area contributed by atoms with Gasteiger partial charge in [-0.25, -0.2) is 0 Å². The predicted molar refractivity (Wildman–Crippen MR) is 88.7 cm³/mol. The number of aromatic nitrogens is 2. The molecule has 1 aromatic carbocycles. The van der Waals surface area contributed by atoms with E-state index >= 15 is 0 Å². The van der Waals surface area contributed by atoms with Crippen molar-refractivity contribution in [2.75, 3.05) is 13.6 Å². The number of thiophene rings is 1. The van der Waals surface area contributed by atoms with Gasteiger partial charge >= 0.3 is 0 Å². The number of nitrogens with zero attached hydrogens (tertiary/aromatic N) is 3. The van der Waals surface area contributed by atoms with Crippen LogP contribution in [0.15, 0.2) is 41.2 Å². The van der Waals surface area contributed by atoms with E-state index in [-0.39, 0.29) is 0 Å². The van der Waals surface area contributed by atoms with Crippen molar-refractivity contribution < 1.29 is 0 Å². The van der Waals surface area contributed by atoms with Crippen LogP contribution in [0.3, 0.4) is 0 Å². The monoisotopic (exact) mass is 297 g/mol. The molecular weight excluding hydrogens is 278 g/mol. The topological polar surface area (TPSA) is 21.1 Å². The lowest BCUT2D eigenvalue weighted by Gasteiger charge is -2.19. The number of likely N-dealkylation sites (N-methyl/N-ethyl adjacent to an activating group) is 1. The van der Waals surface area contributed by atoms with E-state index in [0.717, 1.165) is 6.54 Å². The first-order chi connectivity index (χ1) is 10.3. The Kier molecular flexibility index (Phi) is 3.28. The molecule has 0 radical (unpaired) electrons. The maximum Gasteiger partial charge on any atom is 0.0689 e. The van der Waals surface area contributed by atoms with Gasteiger partial charge in [-0.05, 0) is 60.5 Å². The Balaban J connectivity index is 1.70. The second-order valence-corrected chi connectivity index (χ2v) is 6.67. The van der Waals surface area contributed by atoms with Crippen LogP contribution >= 0.6 is 11.3 Å². The summed E-state index contributed by atoms with van der Waals surface area (Å²) in [7, 11) is 2.22. The maximum absolute atomic E-state index is 4.61. The molecule has 0 spiro atoms. The van der Waals surface area contributed by atoms with E-state index in [1.165, 1.54) is 41.4 Å². The summed E-state index contributed by atoms with van der Waals surface area (Å²) in [6.07, 6.45) is 4.57. The number of hydrogen-bond donors (Lipinski definition) is 0. The Bertz CT molecular complexity index is 745. The fraction of sp³-hybridized carbons (Fsp3) is 0.353. The third-order valence-corrected chi connectivity index (χ3v) is 5.24. The largest absolute Gasteiger partial charge is 0.302 e. The van der Waals surface area contributed by atoms with Crippen LogP contribution in [0.5, 0.6) is 0 Å². The minimum absolute atomic E-state index is 0.623. The molecule has 3 nitrogen and oxygen atoms in total. The lowest BCUT2D eigenvalue weighted by atomic mass is 10.1. The van der Waals surface area contributed by atoms with Gasteiger partial charge in [0.25, 0.3) is 0 Å². The van der Waals surface area contributed by atoms with Gasteiger partial charge in [0.1, 0.15) is 0 Å². The highest BCUT2D eigenvalue weighted by molar-refractivity contribution is 7.08. The fourth-order valence-electron chi connectivity index (χ4n) is 3.23. The van der Waals surface area contributed by atoms with Crippen molar-refractivity contribution in [1.82, 2.24) is 14.7 Å². The van der Waals surface area contributed by atoms with Crippen molar-refractivity contribution in [3.8, 4) is 11.1 Å². The average Bonchev–Trinajstić information content (AvgIpc) is 3.22. The summed E-state index contributed by atoms with van der Waals surface area (Å²) in [5, 5.41) is 10.2. The Morgan fingerprint density at radius 1 is 1.29 bits per heavy atom. The minimum atomic E-state index is 0.623. The SMILES string of the molecule is CN1CCC[C@@H]1Cn1ncc2ccc(-c3ccsc3)cc21. The van der Waals surface area contributed by atoms with Crippen LogP contribution in [0.25, 0.3) is 22.0 Å². The molecule has 1 aliphatic heterocycles. The van der Waals surface area contributed by atoms with Gasteiger partial charge in [0.05, 0.1) is 18.3 Å². The van der Waals surface area contributed by atoms with Crippen molar-refractivity contribution in [3.05, 3.63) is 41.2 Å². The second-order valence-electron chi connectivity index (χ2n) is 5.89. The lowest BCUT2D eigenvalue weighted by Crippen LogP contribution is -2.29. The number of likely N-dealkylation sites (tertiary alicyclic amines) is 1. The van der Waals surface area contributed by atoms with Crippen LogP contribution in [0.1, 0.15) is 12.8 Å². The molecule has 4 rings (SSSR count). The summed E-state index contributed by atoms with van der Waals surface area (Å²) >= 11 is 1.74. The van der Waals surface area contributed by atoms with E-state index in [0.29, 0.717) is 6.04 Å². The molecule has 1 saturated heterocycles. The number of benzene rings is 1. The first-order valence-corrected chi connectivity index (χ1v) is 8.44. The lowest BCUT2D eigenvalue weighted by molar-refractivity contribution is 0.277.